The maximum atomic E-state index is 2.99. The van der Waals surface area contributed by atoms with E-state index >= 15 is 0 Å². The van der Waals surface area contributed by atoms with Gasteiger partial charge in [-0.05, 0) is 37.9 Å². The van der Waals surface area contributed by atoms with Crippen molar-refractivity contribution in [2.45, 2.75) is 70.0 Å². The topological polar surface area (TPSA) is 3.24 Å². The van der Waals surface area contributed by atoms with Gasteiger partial charge in [-0.15, -0.1) is 0 Å². The van der Waals surface area contributed by atoms with E-state index in [0.29, 0.717) is 0 Å². The van der Waals surface area contributed by atoms with Crippen LogP contribution in [0, 0.1) is 0 Å². The molecule has 82 valence electrons. The first kappa shape index (κ1) is 10.7. The molecule has 1 saturated heterocycles. The summed E-state index contributed by atoms with van der Waals surface area (Å²) in [5.41, 5.74) is 0. The quantitative estimate of drug-likeness (QED) is 0.646. The second-order valence-electron chi connectivity index (χ2n) is 5.11. The minimum atomic E-state index is -0.373. The first-order valence-corrected chi connectivity index (χ1v) is 8.82. The molecule has 2 aliphatic rings. The molecular weight excluding hydrogens is 186 g/mol. The first-order valence-electron chi connectivity index (χ1n) is 6.67. The maximum Gasteiger partial charge on any atom is 0.112 e. The Balaban J connectivity index is 1.86. The van der Waals surface area contributed by atoms with Crippen LogP contribution in [0.2, 0.25) is 12.1 Å². The molecule has 1 heterocycles. The summed E-state index contributed by atoms with van der Waals surface area (Å²) in [6.07, 6.45) is 10.5. The average molecular weight is 211 g/mol. The Hall–Kier alpha value is 0.177. The molecule has 1 nitrogen and oxygen atoms in total. The van der Waals surface area contributed by atoms with Crippen molar-refractivity contribution >= 4 is 8.96 Å². The van der Waals surface area contributed by atoms with Crippen molar-refractivity contribution in [3.63, 3.8) is 0 Å². The average Bonchev–Trinajstić information content (AvgIpc) is 2.16. The van der Waals surface area contributed by atoms with Crippen LogP contribution < -0.4 is 0 Å². The van der Waals surface area contributed by atoms with Gasteiger partial charge in [-0.25, -0.2) is 0 Å². The number of nitrogens with zero attached hydrogens (tertiary/aromatic N) is 1. The Morgan fingerprint density at radius 2 is 1.79 bits per heavy atom. The van der Waals surface area contributed by atoms with Gasteiger partial charge in [0.15, 0.2) is 0 Å². The highest BCUT2D eigenvalue weighted by atomic mass is 28.3. The molecule has 1 saturated carbocycles. The lowest BCUT2D eigenvalue weighted by Crippen LogP contribution is -2.50. The summed E-state index contributed by atoms with van der Waals surface area (Å²) < 4.78 is 2.99. The SMILES string of the molecule is CCCN(C1CCCCC1)[SiH]1CCC1. The molecule has 1 aliphatic carbocycles. The molecule has 0 radical (unpaired) electrons. The summed E-state index contributed by atoms with van der Waals surface area (Å²) in [6.45, 7) is 3.77. The highest BCUT2D eigenvalue weighted by Gasteiger charge is 2.31. The van der Waals surface area contributed by atoms with E-state index in [4.69, 9.17) is 0 Å². The second kappa shape index (κ2) is 5.31. The van der Waals surface area contributed by atoms with E-state index in [1.54, 1.807) is 18.5 Å². The fourth-order valence-electron chi connectivity index (χ4n) is 3.05. The van der Waals surface area contributed by atoms with Gasteiger partial charge in [0.05, 0.1) is 0 Å². The van der Waals surface area contributed by atoms with E-state index in [9.17, 15) is 0 Å². The molecule has 0 aromatic carbocycles. The lowest BCUT2D eigenvalue weighted by molar-refractivity contribution is 0.246. The predicted octanol–water partition coefficient (Wildman–Crippen LogP) is 3.16. The van der Waals surface area contributed by atoms with Crippen molar-refractivity contribution in [3.05, 3.63) is 0 Å². The zero-order valence-electron chi connectivity index (χ0n) is 9.67. The van der Waals surface area contributed by atoms with Crippen LogP contribution in [-0.2, 0) is 0 Å². The number of rotatable bonds is 4. The molecule has 0 unspecified atom stereocenters. The van der Waals surface area contributed by atoms with Crippen LogP contribution >= 0.6 is 0 Å². The van der Waals surface area contributed by atoms with E-state index in [2.05, 4.69) is 11.5 Å². The molecule has 2 heteroatoms. The van der Waals surface area contributed by atoms with Crippen molar-refractivity contribution < 1.29 is 0 Å². The lowest BCUT2D eigenvalue weighted by Gasteiger charge is -2.43. The van der Waals surface area contributed by atoms with Gasteiger partial charge in [0, 0.05) is 6.04 Å². The Morgan fingerprint density at radius 1 is 1.07 bits per heavy atom. The van der Waals surface area contributed by atoms with Gasteiger partial charge in [-0.2, -0.15) is 0 Å². The van der Waals surface area contributed by atoms with Gasteiger partial charge in [-0.1, -0.05) is 32.6 Å². The first-order chi connectivity index (χ1) is 6.92. The molecule has 0 bridgehead atoms. The van der Waals surface area contributed by atoms with Gasteiger partial charge in [0.2, 0.25) is 0 Å². The molecule has 1 aliphatic heterocycles. The smallest absolute Gasteiger partial charge is 0.112 e. The molecule has 2 rings (SSSR count). The van der Waals surface area contributed by atoms with Gasteiger partial charge >= 0.3 is 0 Å². The van der Waals surface area contributed by atoms with Crippen molar-refractivity contribution in [1.29, 1.82) is 0 Å². The minimum absolute atomic E-state index is 0.373. The molecule has 0 aromatic rings. The van der Waals surface area contributed by atoms with Crippen LogP contribution in [0.25, 0.3) is 0 Å². The van der Waals surface area contributed by atoms with Gasteiger partial charge < -0.3 is 4.57 Å². The van der Waals surface area contributed by atoms with Gasteiger partial charge in [0.25, 0.3) is 0 Å². The van der Waals surface area contributed by atoms with Crippen LogP contribution in [-0.4, -0.2) is 26.1 Å². The second-order valence-corrected chi connectivity index (χ2v) is 8.24. The largest absolute Gasteiger partial charge is 0.323 e. The van der Waals surface area contributed by atoms with Crippen LogP contribution in [0.3, 0.4) is 0 Å². The highest BCUT2D eigenvalue weighted by molar-refractivity contribution is 6.58. The fraction of sp³-hybridized carbons (Fsp3) is 1.00. The predicted molar refractivity (Wildman–Crippen MR) is 65.3 cm³/mol. The van der Waals surface area contributed by atoms with Gasteiger partial charge in [0.1, 0.15) is 8.96 Å². The van der Waals surface area contributed by atoms with Gasteiger partial charge in [-0.3, -0.25) is 0 Å². The van der Waals surface area contributed by atoms with Crippen molar-refractivity contribution in [2.24, 2.45) is 0 Å². The van der Waals surface area contributed by atoms with Crippen LogP contribution in [0.4, 0.5) is 0 Å². The van der Waals surface area contributed by atoms with Crippen molar-refractivity contribution in [2.75, 3.05) is 6.54 Å². The third kappa shape index (κ3) is 2.40. The van der Waals surface area contributed by atoms with E-state index in [1.807, 2.05) is 0 Å². The highest BCUT2D eigenvalue weighted by Crippen LogP contribution is 2.30. The summed E-state index contributed by atoms with van der Waals surface area (Å²) in [5.74, 6) is 0. The van der Waals surface area contributed by atoms with Crippen LogP contribution in [0.5, 0.6) is 0 Å². The third-order valence-corrected chi connectivity index (χ3v) is 7.84. The van der Waals surface area contributed by atoms with Crippen molar-refractivity contribution in [3.8, 4) is 0 Å². The Kier molecular flexibility index (Phi) is 4.06. The standard InChI is InChI=1S/C12H25NSi/c1-2-9-13(14-10-6-11-14)12-7-4-3-5-8-12/h12,14H,2-11H2,1H3. The third-order valence-electron chi connectivity index (χ3n) is 4.07. The zero-order valence-corrected chi connectivity index (χ0v) is 10.8. The lowest BCUT2D eigenvalue weighted by atomic mass is 9.95. The maximum absolute atomic E-state index is 2.99. The van der Waals surface area contributed by atoms with Crippen LogP contribution in [0.1, 0.15) is 51.9 Å². The molecule has 0 aromatic heterocycles. The van der Waals surface area contributed by atoms with Crippen LogP contribution in [0.15, 0.2) is 0 Å². The summed E-state index contributed by atoms with van der Waals surface area (Å²) >= 11 is 0. The molecule has 0 spiro atoms. The van der Waals surface area contributed by atoms with E-state index < -0.39 is 0 Å². The zero-order chi connectivity index (χ0) is 9.80. The molecule has 2 fully saturated rings. The van der Waals surface area contributed by atoms with Crippen molar-refractivity contribution in [1.82, 2.24) is 4.57 Å². The normalized spacial score (nSPS) is 25.3. The Morgan fingerprint density at radius 3 is 2.29 bits per heavy atom. The Labute approximate surface area is 90.6 Å². The fourth-order valence-corrected chi connectivity index (χ4v) is 6.01. The molecule has 0 amide bonds. The van der Waals surface area contributed by atoms with E-state index in [-0.39, 0.29) is 8.96 Å². The Bertz CT molecular complexity index is 162. The minimum Gasteiger partial charge on any atom is -0.323 e. The van der Waals surface area contributed by atoms with E-state index in [0.717, 1.165) is 6.04 Å². The molecular formula is C12H25NSi. The molecule has 14 heavy (non-hydrogen) atoms. The summed E-state index contributed by atoms with van der Waals surface area (Å²) in [5, 5.41) is 0. The monoisotopic (exact) mass is 211 g/mol. The number of hydrogen-bond acceptors (Lipinski definition) is 1. The number of hydrogen-bond donors (Lipinski definition) is 0. The summed E-state index contributed by atoms with van der Waals surface area (Å²) in [7, 11) is -0.373. The summed E-state index contributed by atoms with van der Waals surface area (Å²) in [4.78, 5) is 0. The molecule has 0 atom stereocenters. The van der Waals surface area contributed by atoms with E-state index in [1.165, 1.54) is 45.1 Å². The molecule has 0 N–H and O–H groups in total. The summed E-state index contributed by atoms with van der Waals surface area (Å²) in [6, 6.07) is 4.26.